The van der Waals surface area contributed by atoms with Crippen LogP contribution in [0.4, 0.5) is 0 Å². The Balaban J connectivity index is -0.00000162. The van der Waals surface area contributed by atoms with Gasteiger partial charge in [0.15, 0.2) is 0 Å². The monoisotopic (exact) mass is 368 g/mol. The molecule has 0 aliphatic heterocycles. The standard InChI is InChI=1S/C12H24NO6.K.V/c14-4-1-2-12(16)13-3-6-17-8-10-19-11-9-18-7-5-15;;/h15H,1-11H2,(H,13,16);;/q-1;+1;. The topological polar surface area (TPSA) is 100 Å². The second-order valence-electron chi connectivity index (χ2n) is 3.72. The van der Waals surface area contributed by atoms with Crippen LogP contribution in [0.1, 0.15) is 12.8 Å². The van der Waals surface area contributed by atoms with Gasteiger partial charge in [0.2, 0.25) is 5.91 Å². The van der Waals surface area contributed by atoms with Crippen LogP contribution >= 0.6 is 0 Å². The van der Waals surface area contributed by atoms with Crippen LogP contribution in [0.5, 0.6) is 0 Å². The number of hydrogen-bond donors (Lipinski definition) is 2. The summed E-state index contributed by atoms with van der Waals surface area (Å²) in [6.07, 6.45) is 0.652. The summed E-state index contributed by atoms with van der Waals surface area (Å²) in [5, 5.41) is 21.3. The van der Waals surface area contributed by atoms with Crippen molar-refractivity contribution < 1.29 is 99.2 Å². The summed E-state index contributed by atoms with van der Waals surface area (Å²) in [6, 6.07) is 0. The second kappa shape index (κ2) is 23.8. The molecule has 0 aromatic heterocycles. The van der Waals surface area contributed by atoms with Crippen LogP contribution < -0.4 is 61.8 Å². The van der Waals surface area contributed by atoms with Crippen LogP contribution in [-0.4, -0.2) is 70.4 Å². The van der Waals surface area contributed by atoms with Gasteiger partial charge in [-0.25, -0.2) is 0 Å². The van der Waals surface area contributed by atoms with Crippen molar-refractivity contribution in [2.75, 3.05) is 59.4 Å². The van der Waals surface area contributed by atoms with Gasteiger partial charge in [0.1, 0.15) is 0 Å². The number of amides is 1. The summed E-state index contributed by atoms with van der Waals surface area (Å²) >= 11 is 0. The first-order chi connectivity index (χ1) is 9.31. The minimum atomic E-state index is -0.219. The molecule has 0 saturated carbocycles. The Morgan fingerprint density at radius 3 is 2.05 bits per heavy atom. The summed E-state index contributed by atoms with van der Waals surface area (Å²) in [4.78, 5) is 11.1. The predicted molar refractivity (Wildman–Crippen MR) is 66.7 cm³/mol. The first-order valence-corrected chi connectivity index (χ1v) is 6.50. The number of hydrogen-bond acceptors (Lipinski definition) is 6. The van der Waals surface area contributed by atoms with Crippen molar-refractivity contribution in [2.24, 2.45) is 0 Å². The number of ether oxygens (including phenoxy) is 3. The van der Waals surface area contributed by atoms with Crippen LogP contribution in [0.15, 0.2) is 0 Å². The van der Waals surface area contributed by atoms with Crippen LogP contribution in [-0.2, 0) is 37.6 Å². The molecule has 21 heavy (non-hydrogen) atoms. The molecule has 1 amide bonds. The number of aliphatic hydroxyl groups is 1. The predicted octanol–water partition coefficient (Wildman–Crippen LogP) is -4.71. The SMILES string of the molecule is O=C(CCC[O-])NCCOCCOCCOCCO.[K+].[V]. The van der Waals surface area contributed by atoms with Gasteiger partial charge in [0.25, 0.3) is 0 Å². The first kappa shape index (κ1) is 27.3. The molecule has 0 bridgehead atoms. The average Bonchev–Trinajstić information content (AvgIpc) is 2.42. The molecule has 0 heterocycles. The third-order valence-corrected chi connectivity index (χ3v) is 2.10. The van der Waals surface area contributed by atoms with Crippen molar-refractivity contribution in [3.8, 4) is 0 Å². The molecule has 0 atom stereocenters. The van der Waals surface area contributed by atoms with Gasteiger partial charge in [-0.15, -0.1) is 6.61 Å². The molecule has 0 rings (SSSR count). The van der Waals surface area contributed by atoms with E-state index in [1.54, 1.807) is 0 Å². The fourth-order valence-electron chi connectivity index (χ4n) is 1.19. The van der Waals surface area contributed by atoms with E-state index < -0.39 is 0 Å². The summed E-state index contributed by atoms with van der Waals surface area (Å²) in [7, 11) is 0. The average molecular weight is 368 g/mol. The third-order valence-electron chi connectivity index (χ3n) is 2.10. The van der Waals surface area contributed by atoms with Gasteiger partial charge in [-0.3, -0.25) is 4.79 Å². The molecule has 0 aromatic rings. The zero-order chi connectivity index (χ0) is 14.2. The Morgan fingerprint density at radius 2 is 1.52 bits per heavy atom. The van der Waals surface area contributed by atoms with Crippen LogP contribution in [0.2, 0.25) is 0 Å². The van der Waals surface area contributed by atoms with E-state index in [2.05, 4.69) is 5.32 Å². The minimum absolute atomic E-state index is 0. The number of nitrogens with one attached hydrogen (secondary N) is 1. The van der Waals surface area contributed by atoms with E-state index in [1.165, 1.54) is 0 Å². The molecule has 0 aliphatic carbocycles. The van der Waals surface area contributed by atoms with E-state index in [0.717, 1.165) is 0 Å². The van der Waals surface area contributed by atoms with Crippen molar-refractivity contribution in [3.05, 3.63) is 0 Å². The molecule has 9 heteroatoms. The Kier molecular flexibility index (Phi) is 30.9. The zero-order valence-corrected chi connectivity index (χ0v) is 17.2. The molecule has 0 aliphatic rings. The molecule has 119 valence electrons. The number of carbonyl (C=O) groups excluding carboxylic acids is 1. The van der Waals surface area contributed by atoms with Crippen molar-refractivity contribution in [1.29, 1.82) is 0 Å². The molecular formula is C12H24KNO6V. The van der Waals surface area contributed by atoms with Crippen molar-refractivity contribution in [2.45, 2.75) is 12.8 Å². The van der Waals surface area contributed by atoms with Crippen LogP contribution in [0.3, 0.4) is 0 Å². The maximum Gasteiger partial charge on any atom is 1.00 e. The van der Waals surface area contributed by atoms with E-state index in [9.17, 15) is 9.90 Å². The molecule has 0 unspecified atom stereocenters. The fraction of sp³-hybridized carbons (Fsp3) is 0.917. The molecule has 0 spiro atoms. The van der Waals surface area contributed by atoms with E-state index in [0.29, 0.717) is 52.6 Å². The molecule has 0 fully saturated rings. The summed E-state index contributed by atoms with van der Waals surface area (Å²) < 4.78 is 15.4. The quantitative estimate of drug-likeness (QED) is 0.236. The molecule has 1 radical (unpaired) electrons. The molecule has 2 N–H and O–H groups in total. The van der Waals surface area contributed by atoms with Crippen molar-refractivity contribution in [3.63, 3.8) is 0 Å². The number of carbonyl (C=O) groups is 1. The summed E-state index contributed by atoms with van der Waals surface area (Å²) in [5.74, 6) is -0.114. The normalized spacial score (nSPS) is 9.62. The van der Waals surface area contributed by atoms with Crippen molar-refractivity contribution in [1.82, 2.24) is 5.32 Å². The maximum atomic E-state index is 11.1. The van der Waals surface area contributed by atoms with E-state index in [-0.39, 0.29) is 95.5 Å². The maximum absolute atomic E-state index is 11.1. The van der Waals surface area contributed by atoms with Gasteiger partial charge in [-0.2, -0.15) is 0 Å². The summed E-state index contributed by atoms with van der Waals surface area (Å²) in [6.45, 7) is 2.83. The smallest absolute Gasteiger partial charge is 0.854 e. The first-order valence-electron chi connectivity index (χ1n) is 6.50. The van der Waals surface area contributed by atoms with E-state index >= 15 is 0 Å². The second-order valence-corrected chi connectivity index (χ2v) is 3.72. The Bertz CT molecular complexity index is 214. The van der Waals surface area contributed by atoms with Gasteiger partial charge in [-0.1, -0.05) is 6.42 Å². The largest absolute Gasteiger partial charge is 1.00 e. The van der Waals surface area contributed by atoms with Crippen molar-refractivity contribution >= 4 is 5.91 Å². The van der Waals surface area contributed by atoms with E-state index in [4.69, 9.17) is 19.3 Å². The van der Waals surface area contributed by atoms with Gasteiger partial charge in [0, 0.05) is 31.5 Å². The summed E-state index contributed by atoms with van der Waals surface area (Å²) in [5.41, 5.74) is 0. The Labute approximate surface area is 180 Å². The van der Waals surface area contributed by atoms with Gasteiger partial charge < -0.3 is 29.7 Å². The molecular weight excluding hydrogens is 344 g/mol. The number of rotatable bonds is 14. The Morgan fingerprint density at radius 1 is 1.00 bits per heavy atom. The zero-order valence-electron chi connectivity index (χ0n) is 12.7. The Hall–Kier alpha value is 1.49. The fourth-order valence-corrected chi connectivity index (χ4v) is 1.19. The van der Waals surface area contributed by atoms with Gasteiger partial charge in [-0.05, 0) is 0 Å². The molecule has 7 nitrogen and oxygen atoms in total. The molecule has 0 saturated heterocycles. The number of aliphatic hydroxyl groups excluding tert-OH is 1. The molecule has 0 aromatic carbocycles. The minimum Gasteiger partial charge on any atom is -0.854 e. The van der Waals surface area contributed by atoms with Gasteiger partial charge >= 0.3 is 51.4 Å². The van der Waals surface area contributed by atoms with Crippen LogP contribution in [0, 0.1) is 0 Å². The van der Waals surface area contributed by atoms with Crippen LogP contribution in [0.25, 0.3) is 0 Å². The third kappa shape index (κ3) is 23.9. The van der Waals surface area contributed by atoms with Gasteiger partial charge in [0.05, 0.1) is 46.2 Å². The van der Waals surface area contributed by atoms with E-state index in [1.807, 2.05) is 0 Å².